The van der Waals surface area contributed by atoms with Gasteiger partial charge in [0.2, 0.25) is 0 Å². The Balaban J connectivity index is 1.41. The summed E-state index contributed by atoms with van der Waals surface area (Å²) in [4.78, 5) is 21.3. The number of amides is 1. The number of aromatic nitrogens is 2. The molecule has 3 aromatic carbocycles. The smallest absolute Gasteiger partial charge is 0.251 e. The third kappa shape index (κ3) is 5.19. The zero-order valence-corrected chi connectivity index (χ0v) is 18.5. The maximum Gasteiger partial charge on any atom is 0.251 e. The SMILES string of the molecule is Cc1ccc(-c2cc(Nc3ccc(C(=O)NC(C)c4ccc(C)cc4)cc3)ncn2)cc1. The van der Waals surface area contributed by atoms with E-state index in [1.54, 1.807) is 6.33 Å². The van der Waals surface area contributed by atoms with E-state index in [2.05, 4.69) is 51.8 Å². The number of nitrogens with one attached hydrogen (secondary N) is 2. The summed E-state index contributed by atoms with van der Waals surface area (Å²) in [7, 11) is 0. The van der Waals surface area contributed by atoms with Gasteiger partial charge in [0, 0.05) is 22.9 Å². The molecule has 0 bridgehead atoms. The van der Waals surface area contributed by atoms with Gasteiger partial charge in [0.25, 0.3) is 5.91 Å². The molecule has 160 valence electrons. The maximum absolute atomic E-state index is 12.6. The van der Waals surface area contributed by atoms with Gasteiger partial charge >= 0.3 is 0 Å². The van der Waals surface area contributed by atoms with E-state index in [1.165, 1.54) is 11.1 Å². The average Bonchev–Trinajstić information content (AvgIpc) is 2.80. The van der Waals surface area contributed by atoms with Gasteiger partial charge in [-0.1, -0.05) is 59.7 Å². The van der Waals surface area contributed by atoms with Gasteiger partial charge in [-0.2, -0.15) is 0 Å². The van der Waals surface area contributed by atoms with Crippen LogP contribution in [0.4, 0.5) is 11.5 Å². The highest BCUT2D eigenvalue weighted by Crippen LogP contribution is 2.22. The zero-order chi connectivity index (χ0) is 22.5. The van der Waals surface area contributed by atoms with Crippen molar-refractivity contribution in [3.8, 4) is 11.3 Å². The standard InChI is InChI=1S/C27H26N4O/c1-18-4-8-21(9-5-18)20(3)30-27(32)23-12-14-24(15-13-23)31-26-16-25(28-17-29-26)22-10-6-19(2)7-11-22/h4-17,20H,1-3H3,(H,30,32)(H,28,29,31). The Morgan fingerprint density at radius 3 is 2.09 bits per heavy atom. The molecule has 2 N–H and O–H groups in total. The van der Waals surface area contributed by atoms with Crippen molar-refractivity contribution in [1.29, 1.82) is 0 Å². The number of carbonyl (C=O) groups excluding carboxylic acids is 1. The molecule has 0 saturated heterocycles. The van der Waals surface area contributed by atoms with E-state index < -0.39 is 0 Å². The van der Waals surface area contributed by atoms with Crippen molar-refractivity contribution in [3.05, 3.63) is 107 Å². The summed E-state index contributed by atoms with van der Waals surface area (Å²) < 4.78 is 0. The highest BCUT2D eigenvalue weighted by molar-refractivity contribution is 5.94. The number of aryl methyl sites for hydroxylation is 2. The van der Waals surface area contributed by atoms with Gasteiger partial charge in [-0.15, -0.1) is 0 Å². The van der Waals surface area contributed by atoms with Gasteiger partial charge in [0.15, 0.2) is 0 Å². The van der Waals surface area contributed by atoms with Gasteiger partial charge < -0.3 is 10.6 Å². The monoisotopic (exact) mass is 422 g/mol. The Hall–Kier alpha value is -3.99. The average molecular weight is 423 g/mol. The Morgan fingerprint density at radius 1 is 0.812 bits per heavy atom. The van der Waals surface area contributed by atoms with E-state index in [9.17, 15) is 4.79 Å². The van der Waals surface area contributed by atoms with E-state index in [0.29, 0.717) is 11.4 Å². The fourth-order valence-corrected chi connectivity index (χ4v) is 3.38. The van der Waals surface area contributed by atoms with Gasteiger partial charge in [0.05, 0.1) is 11.7 Å². The molecule has 0 saturated carbocycles. The van der Waals surface area contributed by atoms with E-state index in [1.807, 2.05) is 68.4 Å². The summed E-state index contributed by atoms with van der Waals surface area (Å²) in [5.41, 5.74) is 6.83. The molecule has 5 heteroatoms. The summed E-state index contributed by atoms with van der Waals surface area (Å²) >= 11 is 0. The van der Waals surface area contributed by atoms with Crippen LogP contribution in [0.3, 0.4) is 0 Å². The van der Waals surface area contributed by atoms with Crippen molar-refractivity contribution in [2.45, 2.75) is 26.8 Å². The lowest BCUT2D eigenvalue weighted by Crippen LogP contribution is -2.26. The molecule has 0 spiro atoms. The van der Waals surface area contributed by atoms with Crippen molar-refractivity contribution in [3.63, 3.8) is 0 Å². The molecule has 0 aliphatic heterocycles. The fourth-order valence-electron chi connectivity index (χ4n) is 3.38. The molecular weight excluding hydrogens is 396 g/mol. The number of rotatable bonds is 6. The van der Waals surface area contributed by atoms with Crippen LogP contribution in [0.5, 0.6) is 0 Å². The molecule has 1 heterocycles. The maximum atomic E-state index is 12.6. The van der Waals surface area contributed by atoms with Gasteiger partial charge in [0.1, 0.15) is 12.1 Å². The molecule has 0 radical (unpaired) electrons. The number of benzene rings is 3. The number of nitrogens with zero attached hydrogens (tertiary/aromatic N) is 2. The predicted molar refractivity (Wildman–Crippen MR) is 129 cm³/mol. The first kappa shape index (κ1) is 21.2. The van der Waals surface area contributed by atoms with Crippen molar-refractivity contribution >= 4 is 17.4 Å². The highest BCUT2D eigenvalue weighted by atomic mass is 16.1. The van der Waals surface area contributed by atoms with Crippen molar-refractivity contribution < 1.29 is 4.79 Å². The van der Waals surface area contributed by atoms with Gasteiger partial charge in [-0.3, -0.25) is 4.79 Å². The second-order valence-corrected chi connectivity index (χ2v) is 7.96. The molecule has 32 heavy (non-hydrogen) atoms. The normalized spacial score (nSPS) is 11.6. The first-order valence-corrected chi connectivity index (χ1v) is 10.6. The minimum Gasteiger partial charge on any atom is -0.346 e. The molecule has 0 fully saturated rings. The summed E-state index contributed by atoms with van der Waals surface area (Å²) in [6, 6.07) is 25.6. The summed E-state index contributed by atoms with van der Waals surface area (Å²) in [5, 5.41) is 6.33. The Kier molecular flexibility index (Phi) is 6.26. The van der Waals surface area contributed by atoms with Crippen LogP contribution < -0.4 is 10.6 Å². The minimum absolute atomic E-state index is 0.0675. The number of hydrogen-bond acceptors (Lipinski definition) is 4. The molecular formula is C27H26N4O. The lowest BCUT2D eigenvalue weighted by atomic mass is 10.1. The molecule has 4 aromatic rings. The Bertz CT molecular complexity index is 1200. The molecule has 1 atom stereocenters. The number of hydrogen-bond donors (Lipinski definition) is 2. The van der Waals surface area contributed by atoms with E-state index in [0.717, 1.165) is 22.5 Å². The van der Waals surface area contributed by atoms with Gasteiger partial charge in [-0.25, -0.2) is 9.97 Å². The number of carbonyl (C=O) groups is 1. The quantitative estimate of drug-likeness (QED) is 0.400. The molecule has 1 aromatic heterocycles. The van der Waals surface area contributed by atoms with Crippen LogP contribution in [0.25, 0.3) is 11.3 Å². The van der Waals surface area contributed by atoms with Crippen molar-refractivity contribution in [1.82, 2.24) is 15.3 Å². The molecule has 5 nitrogen and oxygen atoms in total. The van der Waals surface area contributed by atoms with Crippen molar-refractivity contribution in [2.75, 3.05) is 5.32 Å². The molecule has 0 aliphatic carbocycles. The predicted octanol–water partition coefficient (Wildman–Crippen LogP) is 6.00. The third-order valence-corrected chi connectivity index (χ3v) is 5.36. The topological polar surface area (TPSA) is 66.9 Å². The van der Waals surface area contributed by atoms with E-state index in [-0.39, 0.29) is 11.9 Å². The Labute approximate surface area is 188 Å². The lowest BCUT2D eigenvalue weighted by molar-refractivity contribution is 0.0940. The summed E-state index contributed by atoms with van der Waals surface area (Å²) in [6.07, 6.45) is 1.55. The van der Waals surface area contributed by atoms with Crippen LogP contribution in [0, 0.1) is 13.8 Å². The Morgan fingerprint density at radius 2 is 1.44 bits per heavy atom. The highest BCUT2D eigenvalue weighted by Gasteiger charge is 2.11. The van der Waals surface area contributed by atoms with Crippen molar-refractivity contribution in [2.24, 2.45) is 0 Å². The fraction of sp³-hybridized carbons (Fsp3) is 0.148. The van der Waals surface area contributed by atoms with Crippen LogP contribution >= 0.6 is 0 Å². The second kappa shape index (κ2) is 9.43. The molecule has 4 rings (SSSR count). The lowest BCUT2D eigenvalue weighted by Gasteiger charge is -2.15. The third-order valence-electron chi connectivity index (χ3n) is 5.36. The second-order valence-electron chi connectivity index (χ2n) is 7.96. The van der Waals surface area contributed by atoms with E-state index >= 15 is 0 Å². The molecule has 0 aliphatic rings. The summed E-state index contributed by atoms with van der Waals surface area (Å²) in [6.45, 7) is 6.09. The van der Waals surface area contributed by atoms with Crippen LogP contribution in [-0.4, -0.2) is 15.9 Å². The zero-order valence-electron chi connectivity index (χ0n) is 18.5. The van der Waals surface area contributed by atoms with Crippen LogP contribution in [0.15, 0.2) is 85.2 Å². The van der Waals surface area contributed by atoms with E-state index in [4.69, 9.17) is 0 Å². The largest absolute Gasteiger partial charge is 0.346 e. The summed E-state index contributed by atoms with van der Waals surface area (Å²) in [5.74, 6) is 0.592. The van der Waals surface area contributed by atoms with Gasteiger partial charge in [-0.05, 0) is 50.6 Å². The molecule has 1 unspecified atom stereocenters. The minimum atomic E-state index is -0.103. The van der Waals surface area contributed by atoms with Crippen LogP contribution in [0.1, 0.15) is 40.0 Å². The molecule has 1 amide bonds. The van der Waals surface area contributed by atoms with Crippen LogP contribution in [0.2, 0.25) is 0 Å². The van der Waals surface area contributed by atoms with Crippen LogP contribution in [-0.2, 0) is 0 Å². The number of anilines is 2. The first-order valence-electron chi connectivity index (χ1n) is 10.6. The first-order chi connectivity index (χ1) is 15.5.